The fraction of sp³-hybridized carbons (Fsp3) is 0.500. The van der Waals surface area contributed by atoms with E-state index in [1.807, 2.05) is 24.6 Å². The van der Waals surface area contributed by atoms with E-state index in [4.69, 9.17) is 0 Å². The largest absolute Gasteiger partial charge is 0.355 e. The Bertz CT molecular complexity index is 648. The molecule has 1 saturated heterocycles. The van der Waals surface area contributed by atoms with Crippen molar-refractivity contribution >= 4 is 11.7 Å². The Morgan fingerprint density at radius 1 is 1.26 bits per heavy atom. The number of carbonyl (C=O) groups is 1. The average molecular weight is 314 g/mol. The van der Waals surface area contributed by atoms with Gasteiger partial charge in [0, 0.05) is 43.9 Å². The van der Waals surface area contributed by atoms with Crippen LogP contribution in [0.4, 0.5) is 5.82 Å². The van der Waals surface area contributed by atoms with Gasteiger partial charge in [-0.25, -0.2) is 9.97 Å². The summed E-state index contributed by atoms with van der Waals surface area (Å²) in [4.78, 5) is 27.2. The Balaban J connectivity index is 1.52. The lowest BCUT2D eigenvalue weighted by atomic mass is 10.0. The van der Waals surface area contributed by atoms with Crippen LogP contribution < -0.4 is 10.2 Å². The van der Waals surface area contributed by atoms with Crippen LogP contribution in [0, 0.1) is 6.92 Å². The van der Waals surface area contributed by atoms with Gasteiger partial charge in [0.25, 0.3) is 0 Å². The number of piperidine rings is 1. The van der Waals surface area contributed by atoms with Gasteiger partial charge in [-0.05, 0) is 26.7 Å². The molecule has 0 radical (unpaired) electrons. The maximum Gasteiger partial charge on any atom is 0.243 e. The minimum Gasteiger partial charge on any atom is -0.355 e. The minimum atomic E-state index is -0.240. The van der Waals surface area contributed by atoms with E-state index in [2.05, 4.69) is 25.2 Å². The molecule has 3 heterocycles. The molecule has 0 spiro atoms. The molecule has 1 fully saturated rings. The summed E-state index contributed by atoms with van der Waals surface area (Å²) in [6.07, 6.45) is 10.6. The minimum absolute atomic E-state index is 0.0454. The first-order chi connectivity index (χ1) is 11.1. The number of aryl methyl sites for hydroxylation is 1. The number of hydrogen-bond acceptors (Lipinski definition) is 5. The van der Waals surface area contributed by atoms with Crippen LogP contribution in [0.2, 0.25) is 0 Å². The highest BCUT2D eigenvalue weighted by atomic mass is 16.2. The third-order valence-electron chi connectivity index (χ3n) is 4.37. The Morgan fingerprint density at radius 2 is 2.04 bits per heavy atom. The van der Waals surface area contributed by atoms with Gasteiger partial charge in [-0.1, -0.05) is 0 Å². The van der Waals surface area contributed by atoms with Crippen LogP contribution in [0.3, 0.4) is 0 Å². The first kappa shape index (κ1) is 15.5. The van der Waals surface area contributed by atoms with Gasteiger partial charge in [-0.3, -0.25) is 9.78 Å². The van der Waals surface area contributed by atoms with Crippen LogP contribution in [-0.2, 0) is 4.79 Å². The Hall–Kier alpha value is -2.44. The van der Waals surface area contributed by atoms with Gasteiger partial charge < -0.3 is 14.8 Å². The molecule has 7 heteroatoms. The third kappa shape index (κ3) is 3.49. The smallest absolute Gasteiger partial charge is 0.243 e. The number of rotatable bonds is 4. The van der Waals surface area contributed by atoms with Crippen molar-refractivity contribution in [3.63, 3.8) is 0 Å². The number of aromatic nitrogens is 4. The highest BCUT2D eigenvalue weighted by Gasteiger charge is 2.24. The molecule has 0 bridgehead atoms. The molecule has 2 aromatic heterocycles. The molecule has 122 valence electrons. The number of imidazole rings is 1. The van der Waals surface area contributed by atoms with Crippen molar-refractivity contribution in [2.75, 3.05) is 18.0 Å². The second-order valence-electron chi connectivity index (χ2n) is 5.89. The van der Waals surface area contributed by atoms with Gasteiger partial charge in [0.2, 0.25) is 5.91 Å². The first-order valence-corrected chi connectivity index (χ1v) is 7.96. The molecular formula is C16H22N6O. The van der Waals surface area contributed by atoms with E-state index in [1.54, 1.807) is 24.8 Å². The lowest BCUT2D eigenvalue weighted by Gasteiger charge is -2.33. The third-order valence-corrected chi connectivity index (χ3v) is 4.37. The van der Waals surface area contributed by atoms with Gasteiger partial charge in [-0.15, -0.1) is 0 Å². The predicted molar refractivity (Wildman–Crippen MR) is 87.1 cm³/mol. The summed E-state index contributed by atoms with van der Waals surface area (Å²) >= 11 is 0. The van der Waals surface area contributed by atoms with Gasteiger partial charge >= 0.3 is 0 Å². The summed E-state index contributed by atoms with van der Waals surface area (Å²) < 4.78 is 1.89. The number of hydrogen-bond donors (Lipinski definition) is 1. The highest BCUT2D eigenvalue weighted by Crippen LogP contribution is 2.17. The molecule has 7 nitrogen and oxygen atoms in total. The molecule has 23 heavy (non-hydrogen) atoms. The molecular weight excluding hydrogens is 292 g/mol. The maximum absolute atomic E-state index is 12.4. The molecule has 1 N–H and O–H groups in total. The molecule has 3 rings (SSSR count). The van der Waals surface area contributed by atoms with Crippen LogP contribution in [0.5, 0.6) is 0 Å². The molecule has 2 aromatic rings. The normalized spacial score (nSPS) is 17.0. The van der Waals surface area contributed by atoms with Crippen LogP contribution >= 0.6 is 0 Å². The van der Waals surface area contributed by atoms with Crippen LogP contribution in [0.15, 0.2) is 31.0 Å². The fourth-order valence-corrected chi connectivity index (χ4v) is 2.95. The van der Waals surface area contributed by atoms with Gasteiger partial charge in [-0.2, -0.15) is 0 Å². The lowest BCUT2D eigenvalue weighted by Crippen LogP contribution is -2.46. The van der Waals surface area contributed by atoms with Crippen LogP contribution in [-0.4, -0.2) is 44.6 Å². The van der Waals surface area contributed by atoms with Crippen molar-refractivity contribution in [2.24, 2.45) is 0 Å². The number of nitrogens with one attached hydrogen (secondary N) is 1. The summed E-state index contributed by atoms with van der Waals surface area (Å²) in [5.74, 6) is 1.80. The number of anilines is 1. The molecule has 1 atom stereocenters. The summed E-state index contributed by atoms with van der Waals surface area (Å²) in [7, 11) is 0. The van der Waals surface area contributed by atoms with Crippen LogP contribution in [0.25, 0.3) is 0 Å². The lowest BCUT2D eigenvalue weighted by molar-refractivity contribution is -0.124. The zero-order valence-corrected chi connectivity index (χ0v) is 13.5. The molecule has 0 aliphatic carbocycles. The van der Waals surface area contributed by atoms with Crippen LogP contribution in [0.1, 0.15) is 31.6 Å². The zero-order valence-electron chi connectivity index (χ0n) is 13.5. The van der Waals surface area contributed by atoms with E-state index in [-0.39, 0.29) is 18.0 Å². The Kier molecular flexibility index (Phi) is 4.55. The van der Waals surface area contributed by atoms with Crippen molar-refractivity contribution in [2.45, 2.75) is 38.8 Å². The standard InChI is InChI=1S/C16H22N6O/c1-12(22-10-7-18-13(22)2)16(23)20-14-3-8-21(9-4-14)15-11-17-5-6-19-15/h5-7,10-12,14H,3-4,8-9H2,1-2H3,(H,20,23)/t12-/m0/s1. The maximum atomic E-state index is 12.4. The second-order valence-corrected chi connectivity index (χ2v) is 5.89. The topological polar surface area (TPSA) is 75.9 Å². The van der Waals surface area contributed by atoms with Gasteiger partial charge in [0.1, 0.15) is 17.7 Å². The fourth-order valence-electron chi connectivity index (χ4n) is 2.95. The van der Waals surface area contributed by atoms with Gasteiger partial charge in [0.05, 0.1) is 6.20 Å². The van der Waals surface area contributed by atoms with E-state index in [1.165, 1.54) is 0 Å². The van der Waals surface area contributed by atoms with Gasteiger partial charge in [0.15, 0.2) is 0 Å². The van der Waals surface area contributed by atoms with Crippen molar-refractivity contribution in [3.05, 3.63) is 36.8 Å². The van der Waals surface area contributed by atoms with Crippen molar-refractivity contribution < 1.29 is 4.79 Å². The van der Waals surface area contributed by atoms with E-state index >= 15 is 0 Å². The zero-order chi connectivity index (χ0) is 16.2. The molecule has 0 unspecified atom stereocenters. The van der Waals surface area contributed by atoms with E-state index in [0.29, 0.717) is 0 Å². The summed E-state index contributed by atoms with van der Waals surface area (Å²) in [6.45, 7) is 5.56. The summed E-state index contributed by atoms with van der Waals surface area (Å²) in [5.41, 5.74) is 0. The summed E-state index contributed by atoms with van der Waals surface area (Å²) in [6, 6.07) is -0.0304. The second kappa shape index (κ2) is 6.76. The Labute approximate surface area is 135 Å². The van der Waals surface area contributed by atoms with Crippen molar-refractivity contribution in [3.8, 4) is 0 Å². The van der Waals surface area contributed by atoms with E-state index in [9.17, 15) is 4.79 Å². The van der Waals surface area contributed by atoms with Crippen molar-refractivity contribution in [1.82, 2.24) is 24.8 Å². The SMILES string of the molecule is Cc1nccn1[C@@H](C)C(=O)NC1CCN(c2cnccn2)CC1. The Morgan fingerprint density at radius 3 is 2.65 bits per heavy atom. The molecule has 1 amide bonds. The first-order valence-electron chi connectivity index (χ1n) is 7.96. The highest BCUT2D eigenvalue weighted by molar-refractivity contribution is 5.80. The number of nitrogens with zero attached hydrogens (tertiary/aromatic N) is 5. The number of amides is 1. The number of carbonyl (C=O) groups excluding carboxylic acids is 1. The molecule has 0 saturated carbocycles. The predicted octanol–water partition coefficient (Wildman–Crippen LogP) is 1.33. The van der Waals surface area contributed by atoms with Crippen molar-refractivity contribution in [1.29, 1.82) is 0 Å². The molecule has 1 aliphatic heterocycles. The molecule has 0 aromatic carbocycles. The monoisotopic (exact) mass is 314 g/mol. The summed E-state index contributed by atoms with van der Waals surface area (Å²) in [5, 5.41) is 3.16. The van der Waals surface area contributed by atoms with E-state index < -0.39 is 0 Å². The average Bonchev–Trinajstić information content (AvgIpc) is 3.01. The quantitative estimate of drug-likeness (QED) is 0.921. The molecule has 1 aliphatic rings. The van der Waals surface area contributed by atoms with E-state index in [0.717, 1.165) is 37.6 Å².